The Morgan fingerprint density at radius 1 is 1.33 bits per heavy atom. The molecule has 1 aliphatic carbocycles. The molecule has 1 aromatic heterocycles. The van der Waals surface area contributed by atoms with E-state index < -0.39 is 0 Å². The van der Waals surface area contributed by atoms with Gasteiger partial charge in [0.05, 0.1) is 17.4 Å². The Balaban J connectivity index is 2.13. The number of aromatic nitrogens is 2. The monoisotopic (exact) mass is 200 g/mol. The molecule has 1 heterocycles. The minimum Gasteiger partial charge on any atom is -0.327 e. The molecule has 0 amide bonds. The van der Waals surface area contributed by atoms with Gasteiger partial charge in [-0.3, -0.25) is 0 Å². The largest absolute Gasteiger partial charge is 0.327 e. The molecule has 0 saturated heterocycles. The number of hydrogen-bond donors (Lipinski definition) is 0. The van der Waals surface area contributed by atoms with E-state index in [1.54, 1.807) is 0 Å². The Morgan fingerprint density at radius 3 is 2.80 bits per heavy atom. The quantitative estimate of drug-likeness (QED) is 0.725. The first kappa shape index (κ1) is 8.96. The summed E-state index contributed by atoms with van der Waals surface area (Å²) in [5.41, 5.74) is 3.82. The third-order valence-corrected chi connectivity index (χ3v) is 3.21. The lowest BCUT2D eigenvalue weighted by atomic mass is 10.0. The zero-order chi connectivity index (χ0) is 10.4. The van der Waals surface area contributed by atoms with Crippen molar-refractivity contribution in [1.29, 1.82) is 0 Å². The van der Waals surface area contributed by atoms with Crippen molar-refractivity contribution in [3.63, 3.8) is 0 Å². The van der Waals surface area contributed by atoms with Crippen LogP contribution >= 0.6 is 0 Å². The normalized spacial score (nSPS) is 16.5. The first-order valence-corrected chi connectivity index (χ1v) is 5.72. The number of rotatable bonds is 2. The van der Waals surface area contributed by atoms with Crippen LogP contribution in [0.2, 0.25) is 0 Å². The molecule has 1 fully saturated rings. The predicted molar refractivity (Wildman–Crippen MR) is 62.1 cm³/mol. The van der Waals surface area contributed by atoms with Gasteiger partial charge in [-0.15, -0.1) is 0 Å². The van der Waals surface area contributed by atoms with Gasteiger partial charge in [0.1, 0.15) is 0 Å². The molecule has 1 aromatic carbocycles. The molecule has 0 spiro atoms. The van der Waals surface area contributed by atoms with E-state index in [0.717, 1.165) is 11.6 Å². The van der Waals surface area contributed by atoms with Crippen LogP contribution in [-0.2, 0) is 0 Å². The molecule has 2 nitrogen and oxygen atoms in total. The third kappa shape index (κ3) is 1.44. The molecular weight excluding hydrogens is 184 g/mol. The van der Waals surface area contributed by atoms with Gasteiger partial charge in [-0.1, -0.05) is 19.9 Å². The van der Waals surface area contributed by atoms with Crippen LogP contribution in [0.15, 0.2) is 24.5 Å². The van der Waals surface area contributed by atoms with Crippen LogP contribution in [0.4, 0.5) is 0 Å². The van der Waals surface area contributed by atoms with E-state index in [1.807, 2.05) is 6.33 Å². The maximum atomic E-state index is 4.49. The molecule has 0 N–H and O–H groups in total. The van der Waals surface area contributed by atoms with E-state index in [0.29, 0.717) is 5.92 Å². The van der Waals surface area contributed by atoms with E-state index in [2.05, 4.69) is 41.6 Å². The highest BCUT2D eigenvalue weighted by Crippen LogP contribution is 2.37. The SMILES string of the molecule is CC(C)c1ccc2c(c1)ncn2C1CC1. The number of hydrogen-bond acceptors (Lipinski definition) is 1. The molecule has 2 heteroatoms. The minimum absolute atomic E-state index is 0.584. The van der Waals surface area contributed by atoms with E-state index in [-0.39, 0.29) is 0 Å². The molecule has 0 atom stereocenters. The van der Waals surface area contributed by atoms with Crippen LogP contribution in [0, 0.1) is 0 Å². The summed E-state index contributed by atoms with van der Waals surface area (Å²) in [6, 6.07) is 7.39. The Labute approximate surface area is 89.9 Å². The maximum absolute atomic E-state index is 4.49. The Hall–Kier alpha value is -1.31. The summed E-state index contributed by atoms with van der Waals surface area (Å²) in [7, 11) is 0. The van der Waals surface area contributed by atoms with Crippen molar-refractivity contribution in [2.24, 2.45) is 0 Å². The Morgan fingerprint density at radius 2 is 2.13 bits per heavy atom. The van der Waals surface area contributed by atoms with Crippen LogP contribution in [0.5, 0.6) is 0 Å². The highest BCUT2D eigenvalue weighted by atomic mass is 15.1. The van der Waals surface area contributed by atoms with Gasteiger partial charge >= 0.3 is 0 Å². The maximum Gasteiger partial charge on any atom is 0.0960 e. The highest BCUT2D eigenvalue weighted by molar-refractivity contribution is 5.76. The second-order valence-electron chi connectivity index (χ2n) is 4.79. The van der Waals surface area contributed by atoms with Crippen LogP contribution < -0.4 is 0 Å². The molecule has 1 aliphatic rings. The lowest BCUT2D eigenvalue weighted by molar-refractivity contribution is 0.765. The zero-order valence-electron chi connectivity index (χ0n) is 9.27. The molecule has 0 radical (unpaired) electrons. The summed E-state index contributed by atoms with van der Waals surface area (Å²) in [5, 5.41) is 0. The first-order valence-electron chi connectivity index (χ1n) is 5.72. The molecule has 0 unspecified atom stereocenters. The molecule has 15 heavy (non-hydrogen) atoms. The smallest absolute Gasteiger partial charge is 0.0960 e. The van der Waals surface area contributed by atoms with Crippen molar-refractivity contribution < 1.29 is 0 Å². The lowest BCUT2D eigenvalue weighted by Gasteiger charge is -2.05. The summed E-state index contributed by atoms with van der Waals surface area (Å²) in [6.45, 7) is 4.44. The average Bonchev–Trinajstić information content (AvgIpc) is 2.98. The minimum atomic E-state index is 0.584. The van der Waals surface area contributed by atoms with E-state index >= 15 is 0 Å². The summed E-state index contributed by atoms with van der Waals surface area (Å²) in [6.07, 6.45) is 4.63. The predicted octanol–water partition coefficient (Wildman–Crippen LogP) is 3.49. The van der Waals surface area contributed by atoms with Crippen LogP contribution in [0.3, 0.4) is 0 Å². The molecule has 0 aliphatic heterocycles. The average molecular weight is 200 g/mol. The van der Waals surface area contributed by atoms with Crippen LogP contribution in [0.1, 0.15) is 44.2 Å². The molecule has 78 valence electrons. The second-order valence-corrected chi connectivity index (χ2v) is 4.79. The Kier molecular flexibility index (Phi) is 1.84. The zero-order valence-corrected chi connectivity index (χ0v) is 9.27. The van der Waals surface area contributed by atoms with E-state index in [4.69, 9.17) is 0 Å². The highest BCUT2D eigenvalue weighted by Gasteiger charge is 2.24. The fourth-order valence-corrected chi connectivity index (χ4v) is 2.05. The number of imidazole rings is 1. The fraction of sp³-hybridized carbons (Fsp3) is 0.462. The van der Waals surface area contributed by atoms with Gasteiger partial charge in [-0.2, -0.15) is 0 Å². The summed E-state index contributed by atoms with van der Waals surface area (Å²) >= 11 is 0. The van der Waals surface area contributed by atoms with Crippen molar-refractivity contribution in [1.82, 2.24) is 9.55 Å². The van der Waals surface area contributed by atoms with Gasteiger partial charge in [-0.05, 0) is 36.5 Å². The lowest BCUT2D eigenvalue weighted by Crippen LogP contribution is -1.91. The summed E-state index contributed by atoms with van der Waals surface area (Å²) < 4.78 is 2.32. The fourth-order valence-electron chi connectivity index (χ4n) is 2.05. The molecule has 1 saturated carbocycles. The van der Waals surface area contributed by atoms with Crippen molar-refractivity contribution in [2.75, 3.05) is 0 Å². The van der Waals surface area contributed by atoms with Crippen molar-refractivity contribution in [2.45, 2.75) is 38.6 Å². The standard InChI is InChI=1S/C13H16N2/c1-9(2)10-3-6-13-12(7-10)14-8-15(13)11-4-5-11/h3,6-9,11H,4-5H2,1-2H3. The molecule has 0 bridgehead atoms. The van der Waals surface area contributed by atoms with Crippen molar-refractivity contribution in [3.8, 4) is 0 Å². The summed E-state index contributed by atoms with van der Waals surface area (Å²) in [5.74, 6) is 0.584. The Bertz CT molecular complexity index is 492. The second kappa shape index (κ2) is 3.09. The summed E-state index contributed by atoms with van der Waals surface area (Å²) in [4.78, 5) is 4.49. The van der Waals surface area contributed by atoms with Gasteiger partial charge in [0.2, 0.25) is 0 Å². The number of benzene rings is 1. The topological polar surface area (TPSA) is 17.8 Å². The molecular formula is C13H16N2. The first-order chi connectivity index (χ1) is 7.25. The van der Waals surface area contributed by atoms with Crippen LogP contribution in [0.25, 0.3) is 11.0 Å². The number of fused-ring (bicyclic) bond motifs is 1. The van der Waals surface area contributed by atoms with E-state index in [1.165, 1.54) is 23.9 Å². The van der Waals surface area contributed by atoms with Crippen molar-refractivity contribution >= 4 is 11.0 Å². The van der Waals surface area contributed by atoms with Gasteiger partial charge in [0.25, 0.3) is 0 Å². The van der Waals surface area contributed by atoms with E-state index in [9.17, 15) is 0 Å². The molecule has 2 aromatic rings. The number of nitrogens with zero attached hydrogens (tertiary/aromatic N) is 2. The van der Waals surface area contributed by atoms with Crippen LogP contribution in [-0.4, -0.2) is 9.55 Å². The third-order valence-electron chi connectivity index (χ3n) is 3.21. The van der Waals surface area contributed by atoms with Gasteiger partial charge < -0.3 is 4.57 Å². The van der Waals surface area contributed by atoms with Gasteiger partial charge in [0, 0.05) is 6.04 Å². The van der Waals surface area contributed by atoms with Gasteiger partial charge in [0.15, 0.2) is 0 Å². The molecule has 3 rings (SSSR count). The van der Waals surface area contributed by atoms with Gasteiger partial charge in [-0.25, -0.2) is 4.98 Å². The van der Waals surface area contributed by atoms with Crippen molar-refractivity contribution in [3.05, 3.63) is 30.1 Å².